The minimum atomic E-state index is -0.246. The van der Waals surface area contributed by atoms with E-state index in [4.69, 9.17) is 4.84 Å². The monoisotopic (exact) mass is 318 g/mol. The maximum absolute atomic E-state index is 12.5. The second-order valence-electron chi connectivity index (χ2n) is 6.18. The van der Waals surface area contributed by atoms with Crippen molar-refractivity contribution < 1.29 is 14.4 Å². The van der Waals surface area contributed by atoms with Crippen molar-refractivity contribution in [2.45, 2.75) is 18.9 Å². The Morgan fingerprint density at radius 1 is 1.17 bits per heavy atom. The van der Waals surface area contributed by atoms with Crippen molar-refractivity contribution in [2.75, 3.05) is 26.2 Å². The van der Waals surface area contributed by atoms with Gasteiger partial charge in [0.05, 0.1) is 12.5 Å². The number of nitrogens with zero attached hydrogens (tertiary/aromatic N) is 6. The van der Waals surface area contributed by atoms with E-state index in [1.54, 1.807) is 11.9 Å². The Labute approximate surface area is 132 Å². The summed E-state index contributed by atoms with van der Waals surface area (Å²) in [5.74, 6) is -0.288. The summed E-state index contributed by atoms with van der Waals surface area (Å²) >= 11 is 0. The molecule has 4 rings (SSSR count). The van der Waals surface area contributed by atoms with E-state index in [0.717, 1.165) is 25.9 Å². The van der Waals surface area contributed by atoms with Crippen molar-refractivity contribution in [3.63, 3.8) is 0 Å². The number of hydrogen-bond donors (Lipinski definition) is 0. The molecule has 0 aliphatic carbocycles. The quantitative estimate of drug-likeness (QED) is 0.716. The van der Waals surface area contributed by atoms with Gasteiger partial charge in [0.25, 0.3) is 11.8 Å². The number of carbonyl (C=O) groups is 2. The average Bonchev–Trinajstić information content (AvgIpc) is 3.29. The van der Waals surface area contributed by atoms with Crippen LogP contribution in [0.25, 0.3) is 0 Å². The van der Waals surface area contributed by atoms with Gasteiger partial charge < -0.3 is 14.6 Å². The van der Waals surface area contributed by atoms with Gasteiger partial charge in [0.15, 0.2) is 11.8 Å². The van der Waals surface area contributed by atoms with E-state index in [-0.39, 0.29) is 29.7 Å². The summed E-state index contributed by atoms with van der Waals surface area (Å²) in [5.41, 5.74) is 0.446. The second kappa shape index (κ2) is 5.32. The van der Waals surface area contributed by atoms with E-state index in [1.807, 2.05) is 4.90 Å². The third-order valence-electron chi connectivity index (χ3n) is 4.59. The van der Waals surface area contributed by atoms with Crippen molar-refractivity contribution in [3.05, 3.63) is 12.2 Å². The minimum absolute atomic E-state index is 0.0553. The number of aryl methyl sites for hydroxylation is 1. The van der Waals surface area contributed by atoms with E-state index in [2.05, 4.69) is 15.2 Å². The van der Waals surface area contributed by atoms with Crippen LogP contribution in [0.1, 0.15) is 23.5 Å². The van der Waals surface area contributed by atoms with E-state index in [9.17, 15) is 9.59 Å². The van der Waals surface area contributed by atoms with Gasteiger partial charge in [0.2, 0.25) is 5.82 Å². The molecule has 3 aliphatic rings. The maximum atomic E-state index is 12.5. The Kier molecular flexibility index (Phi) is 3.28. The van der Waals surface area contributed by atoms with Crippen molar-refractivity contribution in [2.24, 2.45) is 18.1 Å². The van der Waals surface area contributed by atoms with Gasteiger partial charge >= 0.3 is 0 Å². The third kappa shape index (κ3) is 2.36. The highest BCUT2D eigenvalue weighted by Gasteiger charge is 2.47. The van der Waals surface area contributed by atoms with Crippen LogP contribution in [-0.2, 0) is 16.7 Å². The fourth-order valence-electron chi connectivity index (χ4n) is 3.36. The van der Waals surface area contributed by atoms with Gasteiger partial charge in [0, 0.05) is 26.7 Å². The Morgan fingerprint density at radius 3 is 2.65 bits per heavy atom. The molecule has 9 nitrogen and oxygen atoms in total. The first-order chi connectivity index (χ1) is 11.1. The fraction of sp³-hybridized carbons (Fsp3) is 0.643. The van der Waals surface area contributed by atoms with Crippen LogP contribution in [0.2, 0.25) is 0 Å². The molecule has 2 amide bonds. The van der Waals surface area contributed by atoms with E-state index >= 15 is 0 Å². The number of fused-ring (bicyclic) bond motifs is 1. The Morgan fingerprint density at radius 2 is 1.96 bits per heavy atom. The number of carbonyl (C=O) groups excluding carboxylic acids is 2. The van der Waals surface area contributed by atoms with E-state index in [1.165, 1.54) is 11.0 Å². The summed E-state index contributed by atoms with van der Waals surface area (Å²) in [6.07, 6.45) is 3.31. The number of rotatable bonds is 2. The number of likely N-dealkylation sites (tertiary alicyclic amines) is 2. The molecule has 0 unspecified atom stereocenters. The van der Waals surface area contributed by atoms with Crippen LogP contribution in [0.4, 0.5) is 0 Å². The molecule has 2 atom stereocenters. The SMILES string of the molecule is Cn1cnc(C(=O)N2C[C@@H]3C(C(=O)N4CCCC4)=NO[C@@H]3C2)n1. The molecule has 0 saturated carbocycles. The Bertz CT molecular complexity index is 678. The Balaban J connectivity index is 1.46. The minimum Gasteiger partial charge on any atom is -0.389 e. The molecule has 23 heavy (non-hydrogen) atoms. The van der Waals surface area contributed by atoms with Crippen LogP contribution in [0.3, 0.4) is 0 Å². The number of amides is 2. The molecule has 0 aromatic carbocycles. The highest BCUT2D eigenvalue weighted by molar-refractivity contribution is 6.40. The number of aromatic nitrogens is 3. The normalized spacial score (nSPS) is 26.2. The van der Waals surface area contributed by atoms with E-state index < -0.39 is 0 Å². The van der Waals surface area contributed by atoms with Crippen molar-refractivity contribution in [1.82, 2.24) is 24.6 Å². The number of hydrogen-bond acceptors (Lipinski definition) is 6. The summed E-state index contributed by atoms with van der Waals surface area (Å²) in [6, 6.07) is 0. The molecule has 0 bridgehead atoms. The van der Waals surface area contributed by atoms with E-state index in [0.29, 0.717) is 18.8 Å². The Hall–Kier alpha value is -2.45. The lowest BCUT2D eigenvalue weighted by atomic mass is 10.00. The zero-order valence-electron chi connectivity index (χ0n) is 12.9. The predicted molar refractivity (Wildman–Crippen MR) is 78.5 cm³/mol. The highest BCUT2D eigenvalue weighted by Crippen LogP contribution is 2.29. The zero-order valence-corrected chi connectivity index (χ0v) is 12.9. The molecule has 4 heterocycles. The van der Waals surface area contributed by atoms with Crippen molar-refractivity contribution in [3.8, 4) is 0 Å². The fourth-order valence-corrected chi connectivity index (χ4v) is 3.36. The first-order valence-electron chi connectivity index (χ1n) is 7.81. The molecule has 9 heteroatoms. The molecule has 2 saturated heterocycles. The topological polar surface area (TPSA) is 92.9 Å². The first-order valence-corrected chi connectivity index (χ1v) is 7.81. The standard InChI is InChI=1S/C14H18N6O3/c1-18-8-15-12(16-18)14(22)20-6-9-10(7-20)23-17-11(9)13(21)19-4-2-3-5-19/h8-10H,2-7H2,1H3/t9-,10+/m0/s1. The smallest absolute Gasteiger partial charge is 0.293 e. The van der Waals surface area contributed by atoms with Crippen molar-refractivity contribution in [1.29, 1.82) is 0 Å². The van der Waals surface area contributed by atoms with Gasteiger partial charge in [-0.3, -0.25) is 14.3 Å². The van der Waals surface area contributed by atoms with Crippen LogP contribution in [0.5, 0.6) is 0 Å². The molecule has 122 valence electrons. The van der Waals surface area contributed by atoms with Gasteiger partial charge in [-0.25, -0.2) is 4.98 Å². The molecule has 0 spiro atoms. The predicted octanol–water partition coefficient (Wildman–Crippen LogP) is -0.736. The van der Waals surface area contributed by atoms with Crippen LogP contribution in [0.15, 0.2) is 11.5 Å². The molecule has 0 radical (unpaired) electrons. The molecule has 0 N–H and O–H groups in total. The maximum Gasteiger partial charge on any atom is 0.293 e. The molecule has 1 aromatic heterocycles. The van der Waals surface area contributed by atoms with Crippen LogP contribution >= 0.6 is 0 Å². The zero-order chi connectivity index (χ0) is 16.0. The molecular weight excluding hydrogens is 300 g/mol. The lowest BCUT2D eigenvalue weighted by Gasteiger charge is -2.17. The summed E-state index contributed by atoms with van der Waals surface area (Å²) in [5, 5.41) is 8.02. The van der Waals surface area contributed by atoms with Gasteiger partial charge in [-0.05, 0) is 12.8 Å². The highest BCUT2D eigenvalue weighted by atomic mass is 16.6. The van der Waals surface area contributed by atoms with Crippen molar-refractivity contribution >= 4 is 17.5 Å². The lowest BCUT2D eigenvalue weighted by Crippen LogP contribution is -2.39. The number of oxime groups is 1. The van der Waals surface area contributed by atoms with Gasteiger partial charge in [-0.15, -0.1) is 5.10 Å². The molecular formula is C14H18N6O3. The van der Waals surface area contributed by atoms with Crippen LogP contribution < -0.4 is 0 Å². The van der Waals surface area contributed by atoms with Gasteiger partial charge in [-0.1, -0.05) is 5.16 Å². The summed E-state index contributed by atoms with van der Waals surface area (Å²) < 4.78 is 1.49. The second-order valence-corrected chi connectivity index (χ2v) is 6.18. The van der Waals surface area contributed by atoms with Crippen LogP contribution in [-0.4, -0.2) is 74.4 Å². The molecule has 1 aromatic rings. The first kappa shape index (κ1) is 14.2. The summed E-state index contributed by atoms with van der Waals surface area (Å²) in [6.45, 7) is 2.37. The largest absolute Gasteiger partial charge is 0.389 e. The lowest BCUT2D eigenvalue weighted by molar-refractivity contribution is -0.123. The van der Waals surface area contributed by atoms with Gasteiger partial charge in [-0.2, -0.15) is 0 Å². The molecule has 3 aliphatic heterocycles. The molecule has 2 fully saturated rings. The third-order valence-corrected chi connectivity index (χ3v) is 4.59. The van der Waals surface area contributed by atoms with Crippen LogP contribution in [0, 0.1) is 5.92 Å². The summed E-state index contributed by atoms with van der Waals surface area (Å²) in [7, 11) is 1.71. The van der Waals surface area contributed by atoms with Gasteiger partial charge in [0.1, 0.15) is 6.33 Å². The summed E-state index contributed by atoms with van der Waals surface area (Å²) in [4.78, 5) is 37.8. The average molecular weight is 318 g/mol.